The minimum Gasteiger partial charge on any atom is -0.412 e. The predicted octanol–water partition coefficient (Wildman–Crippen LogP) is 6.47. The summed E-state index contributed by atoms with van der Waals surface area (Å²) in [5.41, 5.74) is 2.64. The van der Waals surface area contributed by atoms with Gasteiger partial charge in [-0.15, -0.1) is 0 Å². The maximum atomic E-state index is 14.5. The van der Waals surface area contributed by atoms with Crippen LogP contribution >= 0.6 is 0 Å². The largest absolute Gasteiger partial charge is 0.414 e. The predicted molar refractivity (Wildman–Crippen MR) is 164 cm³/mol. The number of nitrogens with one attached hydrogen (secondary N) is 1. The van der Waals surface area contributed by atoms with Crippen molar-refractivity contribution in [2.24, 2.45) is 0 Å². The van der Waals surface area contributed by atoms with Crippen molar-refractivity contribution in [2.75, 3.05) is 18.9 Å². The number of fused-ring (bicyclic) bond motifs is 1. The second-order valence-corrected chi connectivity index (χ2v) is 18.8. The molecule has 0 radical (unpaired) electrons. The van der Waals surface area contributed by atoms with Crippen molar-refractivity contribution in [1.82, 2.24) is 14.8 Å². The zero-order chi connectivity index (χ0) is 32.1. The molecule has 2 aromatic rings. The van der Waals surface area contributed by atoms with Gasteiger partial charge in [0, 0.05) is 38.4 Å². The first kappa shape index (κ1) is 33.0. The Hall–Kier alpha value is -2.92. The van der Waals surface area contributed by atoms with Gasteiger partial charge in [0.25, 0.3) is 0 Å². The molecule has 1 aromatic carbocycles. The number of halogens is 3. The Morgan fingerprint density at radius 3 is 2.33 bits per heavy atom. The number of hydrogen-bond acceptors (Lipinski definition) is 5. The Balaban J connectivity index is 1.52. The molecule has 43 heavy (non-hydrogen) atoms. The molecule has 1 aromatic heterocycles. The number of carbonyl (C=O) groups excluding carboxylic acids is 2. The van der Waals surface area contributed by atoms with Crippen molar-refractivity contribution in [3.63, 3.8) is 0 Å². The number of nitrogens with zero attached hydrogens (tertiary/aromatic N) is 3. The molecule has 1 aliphatic heterocycles. The van der Waals surface area contributed by atoms with E-state index >= 15 is 0 Å². The third kappa shape index (κ3) is 6.62. The quantitative estimate of drug-likeness (QED) is 0.360. The first-order valence-corrected chi connectivity index (χ1v) is 17.7. The van der Waals surface area contributed by atoms with Gasteiger partial charge in [-0.25, -0.2) is 0 Å². The number of amides is 2. The summed E-state index contributed by atoms with van der Waals surface area (Å²) in [6.45, 7) is 16.2. The highest BCUT2D eigenvalue weighted by atomic mass is 28.4. The van der Waals surface area contributed by atoms with Crippen LogP contribution in [0.2, 0.25) is 18.1 Å². The molecule has 236 valence electrons. The monoisotopic (exact) mass is 618 g/mol. The summed E-state index contributed by atoms with van der Waals surface area (Å²) < 4.78 is 50.0. The van der Waals surface area contributed by atoms with Crippen molar-refractivity contribution >= 4 is 25.8 Å². The number of benzene rings is 1. The van der Waals surface area contributed by atoms with E-state index in [0.717, 1.165) is 13.5 Å². The Morgan fingerprint density at radius 2 is 1.79 bits per heavy atom. The van der Waals surface area contributed by atoms with Gasteiger partial charge in [-0.05, 0) is 47.8 Å². The van der Waals surface area contributed by atoms with Gasteiger partial charge >= 0.3 is 6.18 Å². The van der Waals surface area contributed by atoms with Crippen molar-refractivity contribution in [1.29, 1.82) is 0 Å². The Morgan fingerprint density at radius 1 is 1.14 bits per heavy atom. The van der Waals surface area contributed by atoms with Crippen molar-refractivity contribution in [3.05, 3.63) is 59.4 Å². The normalized spacial score (nSPS) is 22.7. The second-order valence-electron chi connectivity index (χ2n) is 14.1. The summed E-state index contributed by atoms with van der Waals surface area (Å²) in [5, 5.41) is 3.35. The lowest BCUT2D eigenvalue weighted by molar-refractivity contribution is -0.191. The highest BCUT2D eigenvalue weighted by molar-refractivity contribution is 6.74. The third-order valence-corrected chi connectivity index (χ3v) is 14.2. The smallest absolute Gasteiger partial charge is 0.412 e. The fourth-order valence-corrected chi connectivity index (χ4v) is 7.44. The summed E-state index contributed by atoms with van der Waals surface area (Å²) in [6.07, 6.45) is -2.87. The zero-order valence-electron chi connectivity index (χ0n) is 26.7. The van der Waals surface area contributed by atoms with E-state index < -0.39 is 38.6 Å². The Bertz CT molecular complexity index is 1340. The van der Waals surface area contributed by atoms with E-state index in [1.807, 2.05) is 12.1 Å². The first-order valence-electron chi connectivity index (χ1n) is 14.8. The van der Waals surface area contributed by atoms with Crippen LogP contribution in [0.5, 0.6) is 0 Å². The van der Waals surface area contributed by atoms with Gasteiger partial charge in [0.15, 0.2) is 14.4 Å². The average Bonchev–Trinajstić information content (AvgIpc) is 3.41. The minimum atomic E-state index is -4.78. The highest BCUT2D eigenvalue weighted by Gasteiger charge is 2.51. The molecule has 0 spiro atoms. The second kappa shape index (κ2) is 11.5. The number of carbonyl (C=O) groups is 2. The van der Waals surface area contributed by atoms with Crippen LogP contribution in [-0.4, -0.2) is 72.9 Å². The zero-order valence-corrected chi connectivity index (χ0v) is 27.7. The third-order valence-electron chi connectivity index (χ3n) is 9.68. The maximum Gasteiger partial charge on any atom is 0.414 e. The molecule has 11 heteroatoms. The fourth-order valence-electron chi connectivity index (χ4n) is 6.08. The van der Waals surface area contributed by atoms with E-state index in [1.54, 1.807) is 6.07 Å². The van der Waals surface area contributed by atoms with Gasteiger partial charge in [0.2, 0.25) is 11.8 Å². The van der Waals surface area contributed by atoms with Crippen LogP contribution in [0.3, 0.4) is 0 Å². The van der Waals surface area contributed by atoms with Crippen LogP contribution in [0.15, 0.2) is 42.6 Å². The van der Waals surface area contributed by atoms with Crippen LogP contribution in [0.4, 0.5) is 18.9 Å². The van der Waals surface area contributed by atoms with Crippen LogP contribution in [0.1, 0.15) is 70.8 Å². The van der Waals surface area contributed by atoms with Gasteiger partial charge in [-0.3, -0.25) is 14.6 Å². The van der Waals surface area contributed by atoms with Crippen LogP contribution in [0.25, 0.3) is 0 Å². The summed E-state index contributed by atoms with van der Waals surface area (Å²) >= 11 is 0. The summed E-state index contributed by atoms with van der Waals surface area (Å²) in [7, 11) is -1.10. The molecule has 1 aliphatic carbocycles. The molecular weight excluding hydrogens is 573 g/mol. The van der Waals surface area contributed by atoms with Crippen LogP contribution < -0.4 is 5.32 Å². The molecule has 1 N–H and O–H groups in total. The number of hydrogen-bond donors (Lipinski definition) is 1. The highest BCUT2D eigenvalue weighted by Crippen LogP contribution is 2.42. The number of alkyl halides is 3. The molecular formula is C32H45F3N4O3Si. The molecule has 0 saturated carbocycles. The minimum absolute atomic E-state index is 0.0432. The molecule has 2 amide bonds. The average molecular weight is 619 g/mol. The fraction of sp³-hybridized carbons (Fsp3) is 0.594. The molecule has 0 bridgehead atoms. The number of likely N-dealkylation sites (N-methyl/N-ethyl adjacent to an activating group) is 1. The maximum absolute atomic E-state index is 14.5. The van der Waals surface area contributed by atoms with Gasteiger partial charge in [0.1, 0.15) is 6.04 Å². The SMILES string of the molecule is CC(=O)N1C[C@H](O[Si](C)(C)C(C)(C)C)C[C@H]1C(=O)N(C)C(c1ccc(NC2Cc3ccccc3C2(C)C)cn1)C(F)(F)F. The van der Waals surface area contributed by atoms with Crippen LogP contribution in [-0.2, 0) is 25.9 Å². The van der Waals surface area contributed by atoms with E-state index in [2.05, 4.69) is 70.1 Å². The molecule has 7 nitrogen and oxygen atoms in total. The standard InChI is InChI=1S/C32H45F3N4O3Si/c1-20(40)39-19-23(42-43(8,9)30(2,3)4)17-26(39)29(41)38(7)28(32(33,34)35)25-15-14-22(18-36-25)37-27-16-21-12-10-11-13-24(21)31(27,5)6/h10-15,18,23,26-28,37H,16-17,19H2,1-9H3/t23-,26+,27?,28?/m1/s1. The van der Waals surface area contributed by atoms with Crippen molar-refractivity contribution < 1.29 is 27.2 Å². The van der Waals surface area contributed by atoms with Gasteiger partial charge in [-0.1, -0.05) is 58.9 Å². The number of rotatable bonds is 7. The topological polar surface area (TPSA) is 74.8 Å². The summed E-state index contributed by atoms with van der Waals surface area (Å²) in [6, 6.07) is 7.85. The number of likely N-dealkylation sites (tertiary alicyclic amines) is 1. The van der Waals surface area contributed by atoms with Gasteiger partial charge < -0.3 is 19.5 Å². The van der Waals surface area contributed by atoms with Crippen molar-refractivity contribution in [3.8, 4) is 0 Å². The number of anilines is 1. The molecule has 4 atom stereocenters. The van der Waals surface area contributed by atoms with E-state index in [9.17, 15) is 22.8 Å². The molecule has 2 unspecified atom stereocenters. The van der Waals surface area contributed by atoms with Crippen molar-refractivity contribution in [2.45, 2.75) is 108 Å². The first-order chi connectivity index (χ1) is 19.7. The van der Waals surface area contributed by atoms with Crippen LogP contribution in [0, 0.1) is 0 Å². The van der Waals surface area contributed by atoms with E-state index in [0.29, 0.717) is 10.6 Å². The molecule has 1 saturated heterocycles. The number of pyridine rings is 1. The van der Waals surface area contributed by atoms with Gasteiger partial charge in [-0.2, -0.15) is 13.2 Å². The van der Waals surface area contributed by atoms with E-state index in [4.69, 9.17) is 4.43 Å². The Labute approximate surface area is 254 Å². The molecule has 2 aliphatic rings. The molecule has 4 rings (SSSR count). The number of aromatic nitrogens is 1. The van der Waals surface area contributed by atoms with Gasteiger partial charge in [0.05, 0.1) is 23.7 Å². The van der Waals surface area contributed by atoms with E-state index in [-0.39, 0.29) is 41.1 Å². The lowest BCUT2D eigenvalue weighted by Crippen LogP contribution is -2.49. The lowest BCUT2D eigenvalue weighted by Gasteiger charge is -2.38. The molecule has 1 fully saturated rings. The van der Waals surface area contributed by atoms with E-state index in [1.165, 1.54) is 35.2 Å². The lowest BCUT2D eigenvalue weighted by atomic mass is 9.83. The molecule has 2 heterocycles. The Kier molecular flexibility index (Phi) is 8.85. The summed E-state index contributed by atoms with van der Waals surface area (Å²) in [4.78, 5) is 32.4. The summed E-state index contributed by atoms with van der Waals surface area (Å²) in [5.74, 6) is -1.16.